The van der Waals surface area contributed by atoms with Crippen LogP contribution in [-0.4, -0.2) is 28.0 Å². The zero-order valence-corrected chi connectivity index (χ0v) is 15.9. The predicted molar refractivity (Wildman–Crippen MR) is 112 cm³/mol. The number of pyridine rings is 1. The number of hydrogen-bond acceptors (Lipinski definition) is 5. The number of aromatic nitrogens is 3. The van der Waals surface area contributed by atoms with Crippen LogP contribution >= 0.6 is 11.3 Å². The molecule has 1 aromatic carbocycles. The summed E-state index contributed by atoms with van der Waals surface area (Å²) in [6.07, 6.45) is 7.70. The highest BCUT2D eigenvalue weighted by Gasteiger charge is 2.26. The van der Waals surface area contributed by atoms with E-state index in [0.29, 0.717) is 0 Å². The molecular weight excluding hydrogens is 352 g/mol. The molecule has 4 nitrogen and oxygen atoms in total. The van der Waals surface area contributed by atoms with E-state index in [-0.39, 0.29) is 0 Å². The third-order valence-electron chi connectivity index (χ3n) is 5.91. The second kappa shape index (κ2) is 5.99. The lowest BCUT2D eigenvalue weighted by Crippen LogP contribution is -2.18. The van der Waals surface area contributed by atoms with Crippen LogP contribution in [0.3, 0.4) is 0 Å². The minimum atomic E-state index is 1.10. The quantitative estimate of drug-likeness (QED) is 0.497. The summed E-state index contributed by atoms with van der Waals surface area (Å²) < 4.78 is 1.21. The topological polar surface area (TPSA) is 41.9 Å². The Kier molecular flexibility index (Phi) is 3.44. The number of fused-ring (bicyclic) bond motifs is 5. The first-order chi connectivity index (χ1) is 13.4. The molecule has 1 fully saturated rings. The normalized spacial score (nSPS) is 16.5. The summed E-state index contributed by atoms with van der Waals surface area (Å²) in [6, 6.07) is 10.6. The number of rotatable bonds is 2. The van der Waals surface area contributed by atoms with Crippen molar-refractivity contribution in [3.8, 4) is 11.3 Å². The van der Waals surface area contributed by atoms with Crippen LogP contribution < -0.4 is 4.90 Å². The average Bonchev–Trinajstić information content (AvgIpc) is 3.45. The van der Waals surface area contributed by atoms with Gasteiger partial charge in [0.2, 0.25) is 0 Å². The Bertz CT molecular complexity index is 1160. The van der Waals surface area contributed by atoms with E-state index in [0.717, 1.165) is 47.8 Å². The molecule has 6 rings (SSSR count). The molecule has 1 aliphatic heterocycles. The standard InChI is InChI=1S/C22H20N4S/c1-2-7-14(8-3-1)18-16-10-6-9-15(16)17-19-20(27-22(17)25-18)21(24-13-23-19)26-11-4-5-12-26/h1-3,7-8,13H,4-6,9-12H2. The van der Waals surface area contributed by atoms with Crippen LogP contribution in [0.15, 0.2) is 36.7 Å². The zero-order valence-electron chi connectivity index (χ0n) is 15.1. The Balaban J connectivity index is 1.66. The number of thiophene rings is 1. The maximum atomic E-state index is 5.15. The van der Waals surface area contributed by atoms with E-state index >= 15 is 0 Å². The SMILES string of the molecule is c1ccc(-c2nc3sc4c(N5CCCC5)ncnc4c3c3c2CCC3)cc1. The van der Waals surface area contributed by atoms with Crippen molar-refractivity contribution >= 4 is 37.6 Å². The fourth-order valence-corrected chi connectivity index (χ4v) is 5.85. The molecule has 0 bridgehead atoms. The molecule has 0 radical (unpaired) electrons. The zero-order chi connectivity index (χ0) is 17.8. The molecule has 4 aromatic rings. The van der Waals surface area contributed by atoms with E-state index in [2.05, 4.69) is 40.2 Å². The monoisotopic (exact) mass is 372 g/mol. The van der Waals surface area contributed by atoms with Gasteiger partial charge in [0, 0.05) is 24.0 Å². The Morgan fingerprint density at radius 3 is 2.56 bits per heavy atom. The highest BCUT2D eigenvalue weighted by molar-refractivity contribution is 7.26. The molecule has 4 heterocycles. The third-order valence-corrected chi connectivity index (χ3v) is 6.97. The largest absolute Gasteiger partial charge is 0.355 e. The summed E-state index contributed by atoms with van der Waals surface area (Å²) in [5.74, 6) is 1.11. The van der Waals surface area contributed by atoms with Crippen molar-refractivity contribution in [1.29, 1.82) is 0 Å². The van der Waals surface area contributed by atoms with Crippen molar-refractivity contribution in [2.75, 3.05) is 18.0 Å². The minimum absolute atomic E-state index is 1.10. The maximum absolute atomic E-state index is 5.15. The fraction of sp³-hybridized carbons (Fsp3) is 0.318. The molecule has 27 heavy (non-hydrogen) atoms. The number of hydrogen-bond donors (Lipinski definition) is 0. The number of benzene rings is 1. The highest BCUT2D eigenvalue weighted by atomic mass is 32.1. The fourth-order valence-electron chi connectivity index (χ4n) is 4.68. The average molecular weight is 372 g/mol. The van der Waals surface area contributed by atoms with Gasteiger partial charge in [-0.1, -0.05) is 30.3 Å². The van der Waals surface area contributed by atoms with Crippen LogP contribution in [0, 0.1) is 0 Å². The van der Waals surface area contributed by atoms with E-state index in [1.165, 1.54) is 46.0 Å². The number of nitrogens with zero attached hydrogens (tertiary/aromatic N) is 4. The summed E-state index contributed by atoms with van der Waals surface area (Å²) >= 11 is 1.77. The van der Waals surface area contributed by atoms with Gasteiger partial charge in [0.25, 0.3) is 0 Å². The predicted octanol–water partition coefficient (Wildman–Crippen LogP) is 5.00. The van der Waals surface area contributed by atoms with Gasteiger partial charge in [-0.2, -0.15) is 0 Å². The van der Waals surface area contributed by atoms with Crippen LogP contribution in [0.1, 0.15) is 30.4 Å². The van der Waals surface area contributed by atoms with Gasteiger partial charge in [0.1, 0.15) is 17.0 Å². The summed E-state index contributed by atoms with van der Waals surface area (Å²) in [7, 11) is 0. The first-order valence-corrected chi connectivity index (χ1v) is 10.6. The molecule has 3 aromatic heterocycles. The van der Waals surface area contributed by atoms with Gasteiger partial charge in [0.15, 0.2) is 0 Å². The Hall–Kier alpha value is -2.53. The maximum Gasteiger partial charge on any atom is 0.150 e. The molecule has 1 saturated heterocycles. The van der Waals surface area contributed by atoms with Crippen molar-refractivity contribution in [3.05, 3.63) is 47.8 Å². The van der Waals surface area contributed by atoms with Crippen LogP contribution in [0.25, 0.3) is 31.7 Å². The van der Waals surface area contributed by atoms with Crippen LogP contribution in [0.4, 0.5) is 5.82 Å². The molecule has 134 valence electrons. The van der Waals surface area contributed by atoms with E-state index < -0.39 is 0 Å². The molecule has 0 N–H and O–H groups in total. The van der Waals surface area contributed by atoms with E-state index in [1.807, 2.05) is 0 Å². The third kappa shape index (κ3) is 2.31. The van der Waals surface area contributed by atoms with E-state index in [4.69, 9.17) is 9.97 Å². The van der Waals surface area contributed by atoms with Gasteiger partial charge in [-0.25, -0.2) is 15.0 Å². The first-order valence-electron chi connectivity index (χ1n) is 9.79. The van der Waals surface area contributed by atoms with Gasteiger partial charge in [-0.3, -0.25) is 0 Å². The highest BCUT2D eigenvalue weighted by Crippen LogP contribution is 2.44. The van der Waals surface area contributed by atoms with Crippen molar-refractivity contribution in [2.45, 2.75) is 32.1 Å². The van der Waals surface area contributed by atoms with E-state index in [1.54, 1.807) is 17.7 Å². The molecule has 0 unspecified atom stereocenters. The summed E-state index contributed by atoms with van der Waals surface area (Å²) in [5, 5.41) is 1.28. The van der Waals surface area contributed by atoms with Crippen LogP contribution in [0.5, 0.6) is 0 Å². The molecule has 1 aliphatic carbocycles. The Morgan fingerprint density at radius 2 is 1.70 bits per heavy atom. The lowest BCUT2D eigenvalue weighted by atomic mass is 10.0. The molecule has 0 amide bonds. The Morgan fingerprint density at radius 1 is 0.889 bits per heavy atom. The van der Waals surface area contributed by atoms with Crippen LogP contribution in [0.2, 0.25) is 0 Å². The second-order valence-electron chi connectivity index (χ2n) is 7.49. The molecule has 2 aliphatic rings. The number of anilines is 1. The van der Waals surface area contributed by atoms with Crippen molar-refractivity contribution in [1.82, 2.24) is 15.0 Å². The summed E-state index contributed by atoms with van der Waals surface area (Å²) in [5.41, 5.74) is 6.39. The van der Waals surface area contributed by atoms with Gasteiger partial charge in [-0.05, 0) is 43.2 Å². The number of aryl methyl sites for hydroxylation is 1. The van der Waals surface area contributed by atoms with Crippen LogP contribution in [-0.2, 0) is 12.8 Å². The van der Waals surface area contributed by atoms with Gasteiger partial charge >= 0.3 is 0 Å². The second-order valence-corrected chi connectivity index (χ2v) is 8.49. The summed E-state index contributed by atoms with van der Waals surface area (Å²) in [4.78, 5) is 18.1. The Labute approximate surface area is 161 Å². The van der Waals surface area contributed by atoms with Crippen molar-refractivity contribution in [2.24, 2.45) is 0 Å². The molecule has 0 saturated carbocycles. The molecule has 0 spiro atoms. The lowest BCUT2D eigenvalue weighted by molar-refractivity contribution is 0.913. The first kappa shape index (κ1) is 15.5. The van der Waals surface area contributed by atoms with Crippen molar-refractivity contribution < 1.29 is 0 Å². The van der Waals surface area contributed by atoms with Gasteiger partial charge < -0.3 is 4.90 Å². The van der Waals surface area contributed by atoms with Gasteiger partial charge in [-0.15, -0.1) is 11.3 Å². The smallest absolute Gasteiger partial charge is 0.150 e. The molecule has 0 atom stereocenters. The van der Waals surface area contributed by atoms with Gasteiger partial charge in [0.05, 0.1) is 15.9 Å². The lowest BCUT2D eigenvalue weighted by Gasteiger charge is -2.16. The van der Waals surface area contributed by atoms with Crippen molar-refractivity contribution in [3.63, 3.8) is 0 Å². The molecule has 5 heteroatoms. The summed E-state index contributed by atoms with van der Waals surface area (Å²) in [6.45, 7) is 2.20. The minimum Gasteiger partial charge on any atom is -0.355 e. The molecular formula is C22H20N4S. The van der Waals surface area contributed by atoms with E-state index in [9.17, 15) is 0 Å².